The summed E-state index contributed by atoms with van der Waals surface area (Å²) in [5, 5.41) is 14.8. The Morgan fingerprint density at radius 1 is 1.26 bits per heavy atom. The van der Waals surface area contributed by atoms with Crippen molar-refractivity contribution in [2.24, 2.45) is 0 Å². The van der Waals surface area contributed by atoms with Crippen LogP contribution in [0.2, 0.25) is 0 Å². The zero-order valence-electron chi connectivity index (χ0n) is 15.4. The van der Waals surface area contributed by atoms with E-state index in [0.29, 0.717) is 30.8 Å². The molecule has 2 heterocycles. The first kappa shape index (κ1) is 19.4. The Morgan fingerprint density at radius 2 is 2.07 bits per heavy atom. The highest BCUT2D eigenvalue weighted by Crippen LogP contribution is 2.16. The molecule has 0 bridgehead atoms. The molecule has 0 spiro atoms. The molecule has 7 nitrogen and oxygen atoms in total. The minimum Gasteiger partial charge on any atom is -0.376 e. The molecule has 1 fully saturated rings. The van der Waals surface area contributed by atoms with Gasteiger partial charge >= 0.3 is 0 Å². The fourth-order valence-corrected chi connectivity index (χ4v) is 3.57. The number of ether oxygens (including phenoxy) is 1. The molecular formula is C19H24N4O3S. The summed E-state index contributed by atoms with van der Waals surface area (Å²) < 4.78 is 5.48. The number of benzene rings is 1. The maximum absolute atomic E-state index is 12.2. The topological polar surface area (TPSA) is 93.2 Å². The Morgan fingerprint density at radius 3 is 2.81 bits per heavy atom. The van der Waals surface area contributed by atoms with Crippen LogP contribution in [-0.4, -0.2) is 41.3 Å². The molecule has 1 atom stereocenters. The van der Waals surface area contributed by atoms with Crippen LogP contribution >= 0.6 is 11.3 Å². The molecule has 1 aromatic heterocycles. The van der Waals surface area contributed by atoms with Gasteiger partial charge in [0.25, 0.3) is 5.91 Å². The SMILES string of the molecule is Cc1ccc(NC(=O)c2nnc(CCCC(=O)NC[C@@H]3CCCO3)s2)cc1. The van der Waals surface area contributed by atoms with E-state index in [-0.39, 0.29) is 17.9 Å². The van der Waals surface area contributed by atoms with E-state index in [1.165, 1.54) is 11.3 Å². The van der Waals surface area contributed by atoms with Crippen LogP contribution in [0.15, 0.2) is 24.3 Å². The summed E-state index contributed by atoms with van der Waals surface area (Å²) in [6, 6.07) is 7.57. The second-order valence-electron chi connectivity index (χ2n) is 6.61. The molecule has 2 N–H and O–H groups in total. The van der Waals surface area contributed by atoms with Gasteiger partial charge in [0.2, 0.25) is 10.9 Å². The van der Waals surface area contributed by atoms with E-state index >= 15 is 0 Å². The molecule has 3 rings (SSSR count). The molecule has 1 aliphatic rings. The standard InChI is InChI=1S/C19H24N4O3S/c1-13-7-9-14(10-8-13)21-18(25)19-23-22-17(27-19)6-2-5-16(24)20-12-15-4-3-11-26-15/h7-10,15H,2-6,11-12H2,1H3,(H,20,24)(H,21,25)/t15-/m0/s1. The van der Waals surface area contributed by atoms with Crippen LogP contribution in [-0.2, 0) is 16.0 Å². The second-order valence-corrected chi connectivity index (χ2v) is 7.68. The van der Waals surface area contributed by atoms with Crippen molar-refractivity contribution in [2.45, 2.75) is 45.1 Å². The zero-order valence-corrected chi connectivity index (χ0v) is 16.2. The maximum Gasteiger partial charge on any atom is 0.286 e. The smallest absolute Gasteiger partial charge is 0.286 e. The van der Waals surface area contributed by atoms with Crippen molar-refractivity contribution in [1.82, 2.24) is 15.5 Å². The van der Waals surface area contributed by atoms with Gasteiger partial charge in [0.15, 0.2) is 0 Å². The zero-order chi connectivity index (χ0) is 19.1. The van der Waals surface area contributed by atoms with E-state index in [9.17, 15) is 9.59 Å². The molecule has 1 saturated heterocycles. The lowest BCUT2D eigenvalue weighted by atomic mass is 10.2. The van der Waals surface area contributed by atoms with E-state index in [4.69, 9.17) is 4.74 Å². The molecule has 144 valence electrons. The summed E-state index contributed by atoms with van der Waals surface area (Å²) >= 11 is 1.26. The normalized spacial score (nSPS) is 16.3. The summed E-state index contributed by atoms with van der Waals surface area (Å²) in [5.74, 6) is -0.246. The van der Waals surface area contributed by atoms with Crippen LogP contribution in [0.5, 0.6) is 0 Å². The average Bonchev–Trinajstić information content (AvgIpc) is 3.34. The lowest BCUT2D eigenvalue weighted by Crippen LogP contribution is -2.31. The Bertz CT molecular complexity index is 770. The van der Waals surface area contributed by atoms with Crippen molar-refractivity contribution >= 4 is 28.8 Å². The number of hydrogen-bond acceptors (Lipinski definition) is 6. The van der Waals surface area contributed by atoms with Gasteiger partial charge in [-0.3, -0.25) is 9.59 Å². The number of anilines is 1. The molecule has 1 aliphatic heterocycles. The largest absolute Gasteiger partial charge is 0.376 e. The van der Waals surface area contributed by atoms with Crippen LogP contribution in [0.25, 0.3) is 0 Å². The van der Waals surface area contributed by atoms with E-state index in [2.05, 4.69) is 20.8 Å². The van der Waals surface area contributed by atoms with Gasteiger partial charge in [-0.05, 0) is 38.3 Å². The number of nitrogens with zero attached hydrogens (tertiary/aromatic N) is 2. The van der Waals surface area contributed by atoms with Gasteiger partial charge in [-0.2, -0.15) is 0 Å². The summed E-state index contributed by atoms with van der Waals surface area (Å²) in [7, 11) is 0. The molecule has 0 unspecified atom stereocenters. The van der Waals surface area contributed by atoms with Gasteiger partial charge in [-0.1, -0.05) is 29.0 Å². The number of carbonyl (C=O) groups excluding carboxylic acids is 2. The number of rotatable bonds is 8. The fourth-order valence-electron chi connectivity index (χ4n) is 2.79. The summed E-state index contributed by atoms with van der Waals surface area (Å²) in [5.41, 5.74) is 1.86. The molecular weight excluding hydrogens is 364 g/mol. The molecule has 1 aromatic carbocycles. The van der Waals surface area contributed by atoms with E-state index in [1.54, 1.807) is 0 Å². The number of hydrogen-bond donors (Lipinski definition) is 2. The van der Waals surface area contributed by atoms with Gasteiger partial charge < -0.3 is 15.4 Å². The Kier molecular flexibility index (Phi) is 6.89. The maximum atomic E-state index is 12.2. The predicted molar refractivity (Wildman–Crippen MR) is 104 cm³/mol. The number of amides is 2. The highest BCUT2D eigenvalue weighted by molar-refractivity contribution is 7.13. The Balaban J connectivity index is 1.38. The highest BCUT2D eigenvalue weighted by Gasteiger charge is 2.16. The number of nitrogens with one attached hydrogen (secondary N) is 2. The van der Waals surface area contributed by atoms with E-state index < -0.39 is 0 Å². The molecule has 0 aliphatic carbocycles. The molecule has 0 radical (unpaired) electrons. The van der Waals surface area contributed by atoms with Crippen molar-refractivity contribution in [3.63, 3.8) is 0 Å². The minimum atomic E-state index is -0.267. The first-order valence-electron chi connectivity index (χ1n) is 9.19. The van der Waals surface area contributed by atoms with Gasteiger partial charge in [0, 0.05) is 31.7 Å². The quantitative estimate of drug-likeness (QED) is 0.725. The van der Waals surface area contributed by atoms with Gasteiger partial charge in [0.05, 0.1) is 6.10 Å². The number of aromatic nitrogens is 2. The van der Waals surface area contributed by atoms with Crippen molar-refractivity contribution in [1.29, 1.82) is 0 Å². The van der Waals surface area contributed by atoms with Crippen LogP contribution in [0.1, 0.15) is 46.1 Å². The summed E-state index contributed by atoms with van der Waals surface area (Å²) in [6.45, 7) is 3.36. The first-order valence-corrected chi connectivity index (χ1v) is 10.0. The minimum absolute atomic E-state index is 0.0207. The summed E-state index contributed by atoms with van der Waals surface area (Å²) in [4.78, 5) is 24.1. The molecule has 27 heavy (non-hydrogen) atoms. The van der Waals surface area contributed by atoms with Crippen LogP contribution in [0, 0.1) is 6.92 Å². The van der Waals surface area contributed by atoms with Crippen LogP contribution in [0.3, 0.4) is 0 Å². The second kappa shape index (κ2) is 9.57. The number of aryl methyl sites for hydroxylation is 2. The van der Waals surface area contributed by atoms with Crippen LogP contribution < -0.4 is 10.6 Å². The van der Waals surface area contributed by atoms with E-state index in [1.807, 2.05) is 31.2 Å². The third kappa shape index (κ3) is 6.11. The molecule has 2 aromatic rings. The van der Waals surface area contributed by atoms with Gasteiger partial charge in [-0.15, -0.1) is 10.2 Å². The van der Waals surface area contributed by atoms with Crippen molar-refractivity contribution in [3.8, 4) is 0 Å². The fraction of sp³-hybridized carbons (Fsp3) is 0.474. The molecule has 0 saturated carbocycles. The Hall–Kier alpha value is -2.32. The van der Waals surface area contributed by atoms with Gasteiger partial charge in [0.1, 0.15) is 5.01 Å². The highest BCUT2D eigenvalue weighted by atomic mass is 32.1. The monoisotopic (exact) mass is 388 g/mol. The average molecular weight is 388 g/mol. The summed E-state index contributed by atoms with van der Waals surface area (Å²) in [6.07, 6.45) is 3.97. The predicted octanol–water partition coefficient (Wildman–Crippen LogP) is 2.72. The third-order valence-corrected chi connectivity index (χ3v) is 5.30. The molecule has 8 heteroatoms. The van der Waals surface area contributed by atoms with Gasteiger partial charge in [-0.25, -0.2) is 0 Å². The Labute approximate surface area is 162 Å². The lowest BCUT2D eigenvalue weighted by Gasteiger charge is -2.10. The van der Waals surface area contributed by atoms with Crippen molar-refractivity contribution < 1.29 is 14.3 Å². The molecule has 2 amide bonds. The van der Waals surface area contributed by atoms with Crippen molar-refractivity contribution in [2.75, 3.05) is 18.5 Å². The lowest BCUT2D eigenvalue weighted by molar-refractivity contribution is -0.121. The third-order valence-electron chi connectivity index (χ3n) is 4.32. The van der Waals surface area contributed by atoms with E-state index in [0.717, 1.165) is 35.7 Å². The first-order chi connectivity index (χ1) is 13.1. The van der Waals surface area contributed by atoms with Crippen molar-refractivity contribution in [3.05, 3.63) is 39.8 Å². The van der Waals surface area contributed by atoms with Crippen LogP contribution in [0.4, 0.5) is 5.69 Å². The number of carbonyl (C=O) groups is 2.